The normalized spacial score (nSPS) is 18.4. The minimum atomic E-state index is 0.337. The summed E-state index contributed by atoms with van der Waals surface area (Å²) < 4.78 is 0. The molecular weight excluding hydrogens is 176 g/mol. The maximum atomic E-state index is 5.70. The molecule has 4 nitrogen and oxygen atoms in total. The summed E-state index contributed by atoms with van der Waals surface area (Å²) in [5, 5.41) is 7.28. The first-order valence-electron chi connectivity index (χ1n) is 5.47. The van der Waals surface area contributed by atoms with Gasteiger partial charge in [-0.05, 0) is 19.3 Å². The van der Waals surface area contributed by atoms with E-state index in [1.54, 1.807) is 0 Å². The molecule has 1 unspecified atom stereocenters. The van der Waals surface area contributed by atoms with E-state index in [0.717, 1.165) is 24.5 Å². The van der Waals surface area contributed by atoms with Gasteiger partial charge in [0.05, 0.1) is 0 Å². The maximum absolute atomic E-state index is 5.70. The van der Waals surface area contributed by atoms with E-state index in [1.807, 2.05) is 0 Å². The summed E-state index contributed by atoms with van der Waals surface area (Å²) in [5.74, 6) is 2.96. The summed E-state index contributed by atoms with van der Waals surface area (Å²) in [6.45, 7) is 2.81. The zero-order valence-corrected chi connectivity index (χ0v) is 8.66. The highest BCUT2D eigenvalue weighted by molar-refractivity contribution is 5.07. The summed E-state index contributed by atoms with van der Waals surface area (Å²) in [5.41, 5.74) is 5.70. The Hall–Kier alpha value is -0.900. The molecule has 2 rings (SSSR count). The first-order valence-corrected chi connectivity index (χ1v) is 5.47. The van der Waals surface area contributed by atoms with Gasteiger partial charge in [0.25, 0.3) is 0 Å². The zero-order chi connectivity index (χ0) is 9.97. The molecule has 1 aromatic heterocycles. The van der Waals surface area contributed by atoms with Crippen LogP contribution in [0, 0.1) is 0 Å². The smallest absolute Gasteiger partial charge is 0.155 e. The summed E-state index contributed by atoms with van der Waals surface area (Å²) in [7, 11) is 0. The molecule has 1 saturated carbocycles. The van der Waals surface area contributed by atoms with Crippen LogP contribution in [0.4, 0.5) is 0 Å². The molecule has 0 bridgehead atoms. The number of nitrogens with zero attached hydrogens (tertiary/aromatic N) is 2. The van der Waals surface area contributed by atoms with Gasteiger partial charge in [0.1, 0.15) is 5.82 Å². The highest BCUT2D eigenvalue weighted by Gasteiger charge is 2.28. The van der Waals surface area contributed by atoms with Gasteiger partial charge in [-0.15, -0.1) is 0 Å². The van der Waals surface area contributed by atoms with Crippen LogP contribution < -0.4 is 5.73 Å². The molecule has 1 aliphatic carbocycles. The lowest BCUT2D eigenvalue weighted by Crippen LogP contribution is -2.13. The van der Waals surface area contributed by atoms with Gasteiger partial charge in [0.2, 0.25) is 0 Å². The molecule has 1 heterocycles. The van der Waals surface area contributed by atoms with Crippen molar-refractivity contribution >= 4 is 0 Å². The van der Waals surface area contributed by atoms with Crippen LogP contribution in [0.3, 0.4) is 0 Å². The predicted molar refractivity (Wildman–Crippen MR) is 55.1 cm³/mol. The van der Waals surface area contributed by atoms with Gasteiger partial charge in [-0.1, -0.05) is 13.3 Å². The number of H-pyrrole nitrogens is 1. The molecule has 1 atom stereocenters. The standard InChI is InChI=1S/C10H18N4/c1-2-3-8(6-11)10-12-9(13-14-10)7-4-5-7/h7-8H,2-6,11H2,1H3,(H,12,13,14). The van der Waals surface area contributed by atoms with Crippen molar-refractivity contribution in [3.8, 4) is 0 Å². The lowest BCUT2D eigenvalue weighted by molar-refractivity contribution is 0.591. The molecule has 0 spiro atoms. The van der Waals surface area contributed by atoms with E-state index in [-0.39, 0.29) is 0 Å². The third-order valence-electron chi connectivity index (χ3n) is 2.77. The van der Waals surface area contributed by atoms with Gasteiger partial charge < -0.3 is 5.73 Å². The van der Waals surface area contributed by atoms with E-state index in [0.29, 0.717) is 18.4 Å². The molecule has 0 aromatic carbocycles. The number of hydrogen-bond acceptors (Lipinski definition) is 3. The van der Waals surface area contributed by atoms with Crippen molar-refractivity contribution in [3.63, 3.8) is 0 Å². The quantitative estimate of drug-likeness (QED) is 0.746. The van der Waals surface area contributed by atoms with Gasteiger partial charge in [-0.25, -0.2) is 4.98 Å². The van der Waals surface area contributed by atoms with E-state index in [1.165, 1.54) is 12.8 Å². The summed E-state index contributed by atoms with van der Waals surface area (Å²) in [4.78, 5) is 4.52. The molecule has 0 aliphatic heterocycles. The van der Waals surface area contributed by atoms with Crippen molar-refractivity contribution < 1.29 is 0 Å². The van der Waals surface area contributed by atoms with E-state index >= 15 is 0 Å². The maximum Gasteiger partial charge on any atom is 0.155 e. The lowest BCUT2D eigenvalue weighted by atomic mass is 10.0. The Morgan fingerprint density at radius 2 is 2.36 bits per heavy atom. The van der Waals surface area contributed by atoms with E-state index in [2.05, 4.69) is 22.1 Å². The molecule has 14 heavy (non-hydrogen) atoms. The molecule has 4 heteroatoms. The van der Waals surface area contributed by atoms with Gasteiger partial charge >= 0.3 is 0 Å². The van der Waals surface area contributed by atoms with Crippen LogP contribution in [0.2, 0.25) is 0 Å². The number of rotatable bonds is 5. The molecule has 0 amide bonds. The Bertz CT molecular complexity index is 290. The predicted octanol–water partition coefficient (Wildman–Crippen LogP) is 1.52. The average molecular weight is 194 g/mol. The lowest BCUT2D eigenvalue weighted by Gasteiger charge is -2.07. The molecule has 1 aromatic rings. The fourth-order valence-electron chi connectivity index (χ4n) is 1.71. The van der Waals surface area contributed by atoms with Gasteiger partial charge in [0, 0.05) is 18.4 Å². The van der Waals surface area contributed by atoms with E-state index in [4.69, 9.17) is 5.73 Å². The molecular formula is C10H18N4. The molecule has 1 fully saturated rings. The fourth-order valence-corrected chi connectivity index (χ4v) is 1.71. The third kappa shape index (κ3) is 1.95. The van der Waals surface area contributed by atoms with Crippen LogP contribution in [0.15, 0.2) is 0 Å². The second kappa shape index (κ2) is 4.09. The van der Waals surface area contributed by atoms with Crippen LogP contribution >= 0.6 is 0 Å². The van der Waals surface area contributed by atoms with Gasteiger partial charge in [-0.2, -0.15) is 5.10 Å². The van der Waals surface area contributed by atoms with Crippen LogP contribution in [-0.2, 0) is 0 Å². The second-order valence-corrected chi connectivity index (χ2v) is 4.07. The van der Waals surface area contributed by atoms with Crippen LogP contribution in [0.1, 0.15) is 56.1 Å². The molecule has 0 radical (unpaired) electrons. The number of hydrogen-bond donors (Lipinski definition) is 2. The van der Waals surface area contributed by atoms with Gasteiger partial charge in [0.15, 0.2) is 5.82 Å². The van der Waals surface area contributed by atoms with Crippen molar-refractivity contribution in [2.45, 2.75) is 44.4 Å². The molecule has 3 N–H and O–H groups in total. The number of nitrogens with two attached hydrogens (primary N) is 1. The first kappa shape index (κ1) is 9.65. The van der Waals surface area contributed by atoms with Gasteiger partial charge in [-0.3, -0.25) is 5.10 Å². The average Bonchev–Trinajstić information content (AvgIpc) is 2.94. The van der Waals surface area contributed by atoms with E-state index < -0.39 is 0 Å². The van der Waals surface area contributed by atoms with Crippen molar-refractivity contribution in [1.29, 1.82) is 0 Å². The highest BCUT2D eigenvalue weighted by Crippen LogP contribution is 2.38. The Kier molecular flexibility index (Phi) is 2.82. The Labute approximate surface area is 84.3 Å². The third-order valence-corrected chi connectivity index (χ3v) is 2.77. The number of aromatic amines is 1. The van der Waals surface area contributed by atoms with Crippen molar-refractivity contribution in [2.24, 2.45) is 5.73 Å². The first-order chi connectivity index (χ1) is 6.85. The highest BCUT2D eigenvalue weighted by atomic mass is 15.2. The largest absolute Gasteiger partial charge is 0.330 e. The summed E-state index contributed by atoms with van der Waals surface area (Å²) in [6.07, 6.45) is 4.74. The summed E-state index contributed by atoms with van der Waals surface area (Å²) in [6, 6.07) is 0. The molecule has 78 valence electrons. The SMILES string of the molecule is CCCC(CN)c1n[nH]c(C2CC2)n1. The Morgan fingerprint density at radius 3 is 2.93 bits per heavy atom. The van der Waals surface area contributed by atoms with Crippen molar-refractivity contribution in [2.75, 3.05) is 6.54 Å². The monoisotopic (exact) mass is 194 g/mol. The van der Waals surface area contributed by atoms with Crippen LogP contribution in [-0.4, -0.2) is 21.7 Å². The second-order valence-electron chi connectivity index (χ2n) is 4.07. The van der Waals surface area contributed by atoms with Crippen molar-refractivity contribution in [3.05, 3.63) is 11.6 Å². The topological polar surface area (TPSA) is 67.6 Å². The molecule has 0 saturated heterocycles. The van der Waals surface area contributed by atoms with Crippen molar-refractivity contribution in [1.82, 2.24) is 15.2 Å². The van der Waals surface area contributed by atoms with Crippen LogP contribution in [0.5, 0.6) is 0 Å². The van der Waals surface area contributed by atoms with E-state index in [9.17, 15) is 0 Å². The zero-order valence-electron chi connectivity index (χ0n) is 8.66. The fraction of sp³-hybridized carbons (Fsp3) is 0.800. The summed E-state index contributed by atoms with van der Waals surface area (Å²) >= 11 is 0. The minimum absolute atomic E-state index is 0.337. The minimum Gasteiger partial charge on any atom is -0.330 e. The Morgan fingerprint density at radius 1 is 1.57 bits per heavy atom. The van der Waals surface area contributed by atoms with Crippen LogP contribution in [0.25, 0.3) is 0 Å². The Balaban J connectivity index is 2.05. The molecule has 1 aliphatic rings. The number of aromatic nitrogens is 3. The number of nitrogens with one attached hydrogen (secondary N) is 1.